The number of rotatable bonds is 2. The van der Waals surface area contributed by atoms with Crippen molar-refractivity contribution in [1.82, 2.24) is 5.32 Å². The fourth-order valence-electron chi connectivity index (χ4n) is 2.19. The Kier molecular flexibility index (Phi) is 3.76. The third-order valence-corrected chi connectivity index (χ3v) is 4.44. The Morgan fingerprint density at radius 3 is 2.47 bits per heavy atom. The average molecular weight is 274 g/mol. The van der Waals surface area contributed by atoms with Crippen molar-refractivity contribution in [2.24, 2.45) is 0 Å². The van der Waals surface area contributed by atoms with E-state index in [-0.39, 0.29) is 0 Å². The highest BCUT2D eigenvalue weighted by Crippen LogP contribution is 2.29. The molecule has 1 aromatic rings. The average Bonchev–Trinajstić information content (AvgIpc) is 2.28. The van der Waals surface area contributed by atoms with Gasteiger partial charge in [-0.2, -0.15) is 0 Å². The molecule has 0 radical (unpaired) electrons. The third-order valence-electron chi connectivity index (χ3n) is 3.13. The molecule has 0 amide bonds. The second kappa shape index (κ2) is 4.96. The van der Waals surface area contributed by atoms with Crippen molar-refractivity contribution in [3.8, 4) is 0 Å². The van der Waals surface area contributed by atoms with Gasteiger partial charge < -0.3 is 5.32 Å². The first-order valence-electron chi connectivity index (χ1n) is 5.68. The van der Waals surface area contributed by atoms with E-state index in [1.54, 1.807) is 6.07 Å². The molecule has 0 aromatic heterocycles. The summed E-state index contributed by atoms with van der Waals surface area (Å²) < 4.78 is 23.1. The summed E-state index contributed by atoms with van der Waals surface area (Å²) in [6.07, 6.45) is 3.28. The number of halogens is 1. The van der Waals surface area contributed by atoms with Gasteiger partial charge in [-0.05, 0) is 55.6 Å². The van der Waals surface area contributed by atoms with Gasteiger partial charge in [0.1, 0.15) is 0 Å². The summed E-state index contributed by atoms with van der Waals surface area (Å²) >= 11 is 6.00. The molecule has 3 nitrogen and oxygen atoms in total. The molecule has 1 aromatic carbocycles. The van der Waals surface area contributed by atoms with Crippen molar-refractivity contribution in [1.29, 1.82) is 0 Å². The number of hydrogen-bond donors (Lipinski definition) is 1. The fraction of sp³-hybridized carbons (Fsp3) is 0.500. The third kappa shape index (κ3) is 3.21. The van der Waals surface area contributed by atoms with Crippen LogP contribution in [-0.4, -0.2) is 27.8 Å². The van der Waals surface area contributed by atoms with Crippen LogP contribution >= 0.6 is 11.6 Å². The molecular weight excluding hydrogens is 258 g/mol. The molecule has 1 fully saturated rings. The van der Waals surface area contributed by atoms with Gasteiger partial charge in [-0.15, -0.1) is 0 Å². The van der Waals surface area contributed by atoms with E-state index in [0.717, 1.165) is 31.5 Å². The Balaban J connectivity index is 2.37. The van der Waals surface area contributed by atoms with Gasteiger partial charge in [0.15, 0.2) is 9.84 Å². The van der Waals surface area contributed by atoms with Gasteiger partial charge in [-0.25, -0.2) is 8.42 Å². The lowest BCUT2D eigenvalue weighted by Gasteiger charge is -2.23. The van der Waals surface area contributed by atoms with E-state index < -0.39 is 9.84 Å². The van der Waals surface area contributed by atoms with E-state index in [9.17, 15) is 8.42 Å². The molecule has 2 rings (SSSR count). The standard InChI is InChI=1S/C12H16ClNO2S/c1-17(15,16)12-7-10(6-11(13)8-12)9-2-4-14-5-3-9/h6-9,14H,2-5H2,1H3. The lowest BCUT2D eigenvalue weighted by Crippen LogP contribution is -2.26. The first-order valence-corrected chi connectivity index (χ1v) is 7.95. The smallest absolute Gasteiger partial charge is 0.175 e. The number of benzene rings is 1. The van der Waals surface area contributed by atoms with E-state index >= 15 is 0 Å². The molecular formula is C12H16ClNO2S. The highest BCUT2D eigenvalue weighted by Gasteiger charge is 2.18. The lowest BCUT2D eigenvalue weighted by atomic mass is 9.90. The van der Waals surface area contributed by atoms with Crippen LogP contribution in [0.1, 0.15) is 24.3 Å². The quantitative estimate of drug-likeness (QED) is 0.899. The summed E-state index contributed by atoms with van der Waals surface area (Å²) in [5.41, 5.74) is 1.04. The van der Waals surface area contributed by atoms with Gasteiger partial charge in [-0.3, -0.25) is 0 Å². The predicted octanol–water partition coefficient (Wildman–Crippen LogP) is 2.21. The number of hydrogen-bond acceptors (Lipinski definition) is 3. The van der Waals surface area contributed by atoms with Crippen molar-refractivity contribution in [2.45, 2.75) is 23.7 Å². The summed E-state index contributed by atoms with van der Waals surface area (Å²) in [5, 5.41) is 3.79. The van der Waals surface area contributed by atoms with Crippen molar-refractivity contribution < 1.29 is 8.42 Å². The monoisotopic (exact) mass is 273 g/mol. The van der Waals surface area contributed by atoms with E-state index in [4.69, 9.17) is 11.6 Å². The van der Waals surface area contributed by atoms with E-state index in [0.29, 0.717) is 15.8 Å². The van der Waals surface area contributed by atoms with Crippen LogP contribution in [0.2, 0.25) is 5.02 Å². The minimum absolute atomic E-state index is 0.318. The predicted molar refractivity (Wildman–Crippen MR) is 69.4 cm³/mol. The Bertz CT molecular complexity index is 507. The topological polar surface area (TPSA) is 46.2 Å². The zero-order valence-electron chi connectivity index (χ0n) is 9.74. The maximum atomic E-state index is 11.5. The Hall–Kier alpha value is -0.580. The van der Waals surface area contributed by atoms with Crippen LogP contribution in [0.4, 0.5) is 0 Å². The molecule has 0 aliphatic carbocycles. The zero-order valence-corrected chi connectivity index (χ0v) is 11.3. The van der Waals surface area contributed by atoms with Crippen LogP contribution in [0.5, 0.6) is 0 Å². The summed E-state index contributed by atoms with van der Waals surface area (Å²) in [5.74, 6) is 0.412. The molecule has 1 N–H and O–H groups in total. The van der Waals surface area contributed by atoms with Crippen LogP contribution < -0.4 is 5.32 Å². The lowest BCUT2D eigenvalue weighted by molar-refractivity contribution is 0.460. The fourth-order valence-corrected chi connectivity index (χ4v) is 3.19. The Morgan fingerprint density at radius 1 is 1.24 bits per heavy atom. The molecule has 0 bridgehead atoms. The summed E-state index contributed by atoms with van der Waals surface area (Å²) in [4.78, 5) is 0.318. The molecule has 1 saturated heterocycles. The SMILES string of the molecule is CS(=O)(=O)c1cc(Cl)cc(C2CCNCC2)c1. The molecule has 5 heteroatoms. The molecule has 1 aliphatic heterocycles. The van der Waals surface area contributed by atoms with Gasteiger partial charge in [0, 0.05) is 11.3 Å². The highest BCUT2D eigenvalue weighted by atomic mass is 35.5. The highest BCUT2D eigenvalue weighted by molar-refractivity contribution is 7.90. The molecule has 0 atom stereocenters. The maximum absolute atomic E-state index is 11.5. The van der Waals surface area contributed by atoms with Crippen molar-refractivity contribution in [2.75, 3.05) is 19.3 Å². The summed E-state index contributed by atoms with van der Waals surface area (Å²) in [7, 11) is -3.19. The Morgan fingerprint density at radius 2 is 1.88 bits per heavy atom. The second-order valence-electron chi connectivity index (χ2n) is 4.52. The van der Waals surface area contributed by atoms with Gasteiger partial charge >= 0.3 is 0 Å². The van der Waals surface area contributed by atoms with Gasteiger partial charge in [-0.1, -0.05) is 11.6 Å². The van der Waals surface area contributed by atoms with Crippen LogP contribution in [0.3, 0.4) is 0 Å². The van der Waals surface area contributed by atoms with Crippen LogP contribution in [0.25, 0.3) is 0 Å². The molecule has 17 heavy (non-hydrogen) atoms. The van der Waals surface area contributed by atoms with E-state index in [2.05, 4.69) is 5.32 Å². The molecule has 1 aliphatic rings. The molecule has 0 saturated carbocycles. The van der Waals surface area contributed by atoms with E-state index in [1.165, 1.54) is 12.3 Å². The molecule has 0 unspecified atom stereocenters. The van der Waals surface area contributed by atoms with Gasteiger partial charge in [0.2, 0.25) is 0 Å². The number of piperidine rings is 1. The van der Waals surface area contributed by atoms with Crippen LogP contribution in [0.15, 0.2) is 23.1 Å². The van der Waals surface area contributed by atoms with E-state index in [1.807, 2.05) is 6.07 Å². The van der Waals surface area contributed by atoms with Crippen molar-refractivity contribution in [3.63, 3.8) is 0 Å². The zero-order chi connectivity index (χ0) is 12.5. The van der Waals surface area contributed by atoms with Crippen LogP contribution in [-0.2, 0) is 9.84 Å². The number of sulfone groups is 1. The summed E-state index contributed by atoms with van der Waals surface area (Å²) in [6.45, 7) is 1.96. The van der Waals surface area contributed by atoms with Crippen molar-refractivity contribution in [3.05, 3.63) is 28.8 Å². The first-order chi connectivity index (χ1) is 7.97. The minimum atomic E-state index is -3.19. The molecule has 0 spiro atoms. The maximum Gasteiger partial charge on any atom is 0.175 e. The van der Waals surface area contributed by atoms with Gasteiger partial charge in [0.25, 0.3) is 0 Å². The second-order valence-corrected chi connectivity index (χ2v) is 6.97. The molecule has 1 heterocycles. The Labute approximate surface area is 107 Å². The number of nitrogens with one attached hydrogen (secondary N) is 1. The minimum Gasteiger partial charge on any atom is -0.317 e. The van der Waals surface area contributed by atoms with Crippen LogP contribution in [0, 0.1) is 0 Å². The normalized spacial score (nSPS) is 18.2. The largest absolute Gasteiger partial charge is 0.317 e. The van der Waals surface area contributed by atoms with Crippen molar-refractivity contribution >= 4 is 21.4 Å². The first kappa shape index (κ1) is 12.9. The van der Waals surface area contributed by atoms with Gasteiger partial charge in [0.05, 0.1) is 4.90 Å². The summed E-state index contributed by atoms with van der Waals surface area (Å²) in [6, 6.07) is 5.16. The molecule has 94 valence electrons.